The lowest BCUT2D eigenvalue weighted by Gasteiger charge is -2.19. The van der Waals surface area contributed by atoms with Gasteiger partial charge in [-0.2, -0.15) is 0 Å². The minimum absolute atomic E-state index is 0.118. The molecule has 2 aromatic rings. The Hall–Kier alpha value is -2.49. The van der Waals surface area contributed by atoms with Crippen molar-refractivity contribution in [1.82, 2.24) is 5.32 Å². The van der Waals surface area contributed by atoms with Crippen molar-refractivity contribution in [1.29, 1.82) is 0 Å². The number of carbonyl (C=O) groups excluding carboxylic acids is 1. The molecule has 2 rings (SSSR count). The maximum Gasteiger partial charge on any atom is 0.261 e. The van der Waals surface area contributed by atoms with E-state index in [-0.39, 0.29) is 12.0 Å². The second-order valence-corrected chi connectivity index (χ2v) is 7.49. The molecule has 4 heteroatoms. The Labute approximate surface area is 162 Å². The van der Waals surface area contributed by atoms with Gasteiger partial charge in [0.2, 0.25) is 0 Å². The molecule has 1 N–H and O–H groups in total. The van der Waals surface area contributed by atoms with Gasteiger partial charge >= 0.3 is 0 Å². The van der Waals surface area contributed by atoms with Crippen molar-refractivity contribution >= 4 is 5.91 Å². The van der Waals surface area contributed by atoms with E-state index in [1.807, 2.05) is 51.1 Å². The fourth-order valence-corrected chi connectivity index (χ4v) is 2.80. The number of rotatable bonds is 8. The Balaban J connectivity index is 1.98. The topological polar surface area (TPSA) is 47.6 Å². The molecule has 0 aliphatic rings. The van der Waals surface area contributed by atoms with Crippen molar-refractivity contribution in [2.45, 2.75) is 66.2 Å². The van der Waals surface area contributed by atoms with Gasteiger partial charge in [-0.1, -0.05) is 38.1 Å². The standard InChI is InChI=1S/C23H31NO3/c1-15(2)21-11-10-17(5)12-22(21)27-18(6)23(25)24-14-19-8-7-9-20(13-19)26-16(3)4/h7-13,15-16,18H,14H2,1-6H3,(H,24,25). The first-order chi connectivity index (χ1) is 12.8. The van der Waals surface area contributed by atoms with E-state index in [9.17, 15) is 4.79 Å². The lowest BCUT2D eigenvalue weighted by atomic mass is 10.0. The second-order valence-electron chi connectivity index (χ2n) is 7.49. The number of benzene rings is 2. The van der Waals surface area contributed by atoms with E-state index >= 15 is 0 Å². The predicted molar refractivity (Wildman–Crippen MR) is 109 cm³/mol. The van der Waals surface area contributed by atoms with Crippen LogP contribution >= 0.6 is 0 Å². The van der Waals surface area contributed by atoms with Gasteiger partial charge in [-0.25, -0.2) is 0 Å². The molecule has 4 nitrogen and oxygen atoms in total. The Bertz CT molecular complexity index is 768. The minimum Gasteiger partial charge on any atom is -0.491 e. The number of aryl methyl sites for hydroxylation is 1. The molecule has 1 unspecified atom stereocenters. The third-order valence-corrected chi connectivity index (χ3v) is 4.20. The fraction of sp³-hybridized carbons (Fsp3) is 0.435. The van der Waals surface area contributed by atoms with Crippen molar-refractivity contribution in [3.05, 3.63) is 59.2 Å². The van der Waals surface area contributed by atoms with Gasteiger partial charge in [0.05, 0.1) is 6.10 Å². The summed E-state index contributed by atoms with van der Waals surface area (Å²) in [5.74, 6) is 1.78. The average molecular weight is 370 g/mol. The highest BCUT2D eigenvalue weighted by atomic mass is 16.5. The van der Waals surface area contributed by atoms with Gasteiger partial charge in [-0.15, -0.1) is 0 Å². The van der Waals surface area contributed by atoms with Crippen molar-refractivity contribution in [3.63, 3.8) is 0 Å². The number of hydrogen-bond acceptors (Lipinski definition) is 3. The SMILES string of the molecule is Cc1ccc(C(C)C)c(OC(C)C(=O)NCc2cccc(OC(C)C)c2)c1. The number of ether oxygens (including phenoxy) is 2. The third-order valence-electron chi connectivity index (χ3n) is 4.20. The Morgan fingerprint density at radius 2 is 1.74 bits per heavy atom. The van der Waals surface area contributed by atoms with Crippen LogP contribution in [0.15, 0.2) is 42.5 Å². The maximum absolute atomic E-state index is 12.5. The van der Waals surface area contributed by atoms with Crippen LogP contribution in [0, 0.1) is 6.92 Å². The number of carbonyl (C=O) groups is 1. The molecule has 0 aromatic heterocycles. The maximum atomic E-state index is 12.5. The molecule has 1 atom stereocenters. The zero-order chi connectivity index (χ0) is 20.0. The first-order valence-electron chi connectivity index (χ1n) is 9.56. The number of amides is 1. The lowest BCUT2D eigenvalue weighted by molar-refractivity contribution is -0.127. The summed E-state index contributed by atoms with van der Waals surface area (Å²) < 4.78 is 11.7. The van der Waals surface area contributed by atoms with Crippen molar-refractivity contribution < 1.29 is 14.3 Å². The summed E-state index contributed by atoms with van der Waals surface area (Å²) in [5.41, 5.74) is 3.22. The Morgan fingerprint density at radius 1 is 1.00 bits per heavy atom. The van der Waals surface area contributed by atoms with Crippen LogP contribution in [-0.2, 0) is 11.3 Å². The zero-order valence-corrected chi connectivity index (χ0v) is 17.2. The highest BCUT2D eigenvalue weighted by Gasteiger charge is 2.17. The molecule has 146 valence electrons. The monoisotopic (exact) mass is 369 g/mol. The van der Waals surface area contributed by atoms with Gasteiger partial charge in [0.25, 0.3) is 5.91 Å². The van der Waals surface area contributed by atoms with Gasteiger partial charge in [0, 0.05) is 6.54 Å². The number of nitrogens with one attached hydrogen (secondary N) is 1. The Kier molecular flexibility index (Phi) is 7.28. The zero-order valence-electron chi connectivity index (χ0n) is 17.2. The fourth-order valence-electron chi connectivity index (χ4n) is 2.80. The molecule has 0 radical (unpaired) electrons. The van der Waals surface area contributed by atoms with E-state index in [0.29, 0.717) is 12.5 Å². The summed E-state index contributed by atoms with van der Waals surface area (Å²) in [6.45, 7) is 12.5. The van der Waals surface area contributed by atoms with E-state index in [2.05, 4.69) is 31.3 Å². The van der Waals surface area contributed by atoms with Gasteiger partial charge < -0.3 is 14.8 Å². The summed E-state index contributed by atoms with van der Waals surface area (Å²) in [7, 11) is 0. The molecule has 0 spiro atoms. The Morgan fingerprint density at radius 3 is 2.41 bits per heavy atom. The van der Waals surface area contributed by atoms with E-state index in [0.717, 1.165) is 28.2 Å². The summed E-state index contributed by atoms with van der Waals surface area (Å²) in [4.78, 5) is 12.5. The molecular weight excluding hydrogens is 338 g/mol. The van der Waals surface area contributed by atoms with Crippen LogP contribution in [0.2, 0.25) is 0 Å². The molecule has 0 saturated heterocycles. The molecule has 1 amide bonds. The molecule has 27 heavy (non-hydrogen) atoms. The van der Waals surface area contributed by atoms with Crippen LogP contribution in [0.1, 0.15) is 57.2 Å². The van der Waals surface area contributed by atoms with Gasteiger partial charge in [-0.3, -0.25) is 4.79 Å². The average Bonchev–Trinajstić information content (AvgIpc) is 2.59. The molecule has 2 aromatic carbocycles. The van der Waals surface area contributed by atoms with Gasteiger partial charge in [0.15, 0.2) is 6.10 Å². The molecular formula is C23H31NO3. The third kappa shape index (κ3) is 6.31. The van der Waals surface area contributed by atoms with E-state index in [1.165, 1.54) is 0 Å². The largest absolute Gasteiger partial charge is 0.491 e. The molecule has 0 bridgehead atoms. The summed E-state index contributed by atoms with van der Waals surface area (Å²) >= 11 is 0. The quantitative estimate of drug-likeness (QED) is 0.713. The van der Waals surface area contributed by atoms with Crippen molar-refractivity contribution in [2.75, 3.05) is 0 Å². The van der Waals surface area contributed by atoms with Gasteiger partial charge in [0.1, 0.15) is 11.5 Å². The first kappa shape index (κ1) is 20.8. The second kappa shape index (κ2) is 9.45. The van der Waals surface area contributed by atoms with Crippen molar-refractivity contribution in [2.24, 2.45) is 0 Å². The van der Waals surface area contributed by atoms with Crippen molar-refractivity contribution in [3.8, 4) is 11.5 Å². The first-order valence-corrected chi connectivity index (χ1v) is 9.56. The normalized spacial score (nSPS) is 12.1. The summed E-state index contributed by atoms with van der Waals surface area (Å²) in [6.07, 6.45) is -0.452. The summed E-state index contributed by atoms with van der Waals surface area (Å²) in [6, 6.07) is 13.9. The van der Waals surface area contributed by atoms with Crippen LogP contribution in [0.5, 0.6) is 11.5 Å². The predicted octanol–water partition coefficient (Wildman–Crippen LogP) is 4.99. The highest BCUT2D eigenvalue weighted by molar-refractivity contribution is 5.80. The van der Waals surface area contributed by atoms with Crippen LogP contribution < -0.4 is 14.8 Å². The van der Waals surface area contributed by atoms with E-state index in [1.54, 1.807) is 6.92 Å². The molecule has 0 aliphatic carbocycles. The highest BCUT2D eigenvalue weighted by Crippen LogP contribution is 2.28. The summed E-state index contributed by atoms with van der Waals surface area (Å²) in [5, 5.41) is 2.94. The molecule has 0 aliphatic heterocycles. The molecule has 0 heterocycles. The minimum atomic E-state index is -0.570. The van der Waals surface area contributed by atoms with Crippen LogP contribution in [-0.4, -0.2) is 18.1 Å². The van der Waals surface area contributed by atoms with Gasteiger partial charge in [-0.05, 0) is 68.5 Å². The lowest BCUT2D eigenvalue weighted by Crippen LogP contribution is -2.36. The molecule has 0 fully saturated rings. The van der Waals surface area contributed by atoms with Crippen LogP contribution in [0.3, 0.4) is 0 Å². The van der Waals surface area contributed by atoms with E-state index in [4.69, 9.17) is 9.47 Å². The smallest absolute Gasteiger partial charge is 0.261 e. The molecule has 0 saturated carbocycles. The number of hydrogen-bond donors (Lipinski definition) is 1. The van der Waals surface area contributed by atoms with E-state index < -0.39 is 6.10 Å². The van der Waals surface area contributed by atoms with Crippen LogP contribution in [0.25, 0.3) is 0 Å². The van der Waals surface area contributed by atoms with Crippen LogP contribution in [0.4, 0.5) is 0 Å².